The molecule has 8 heteroatoms. The number of carbonyl (C=O) groups excluding carboxylic acids is 2. The van der Waals surface area contributed by atoms with Gasteiger partial charge in [-0.05, 0) is 38.0 Å². The summed E-state index contributed by atoms with van der Waals surface area (Å²) in [5.74, 6) is 1.23. The summed E-state index contributed by atoms with van der Waals surface area (Å²) in [5, 5.41) is 11.3. The van der Waals surface area contributed by atoms with Crippen molar-refractivity contribution >= 4 is 23.3 Å². The van der Waals surface area contributed by atoms with Crippen LogP contribution in [-0.4, -0.2) is 33.5 Å². The highest BCUT2D eigenvalue weighted by Gasteiger charge is 2.46. The zero-order valence-electron chi connectivity index (χ0n) is 14.4. The molecule has 4 rings (SSSR count). The van der Waals surface area contributed by atoms with Gasteiger partial charge in [0.1, 0.15) is 5.75 Å². The first-order valence-electron chi connectivity index (χ1n) is 8.44. The van der Waals surface area contributed by atoms with Crippen molar-refractivity contribution in [2.75, 3.05) is 0 Å². The van der Waals surface area contributed by atoms with E-state index in [-0.39, 0.29) is 29.6 Å². The average molecular weight is 376 g/mol. The number of hydrogen-bond donors (Lipinski definition) is 1. The average Bonchev–Trinajstić information content (AvgIpc) is 2.99. The lowest BCUT2D eigenvalue weighted by Gasteiger charge is -2.44. The van der Waals surface area contributed by atoms with E-state index >= 15 is 0 Å². The molecule has 1 aromatic carbocycles. The van der Waals surface area contributed by atoms with Crippen molar-refractivity contribution < 1.29 is 18.7 Å². The highest BCUT2D eigenvalue weighted by Crippen LogP contribution is 2.44. The third-order valence-corrected chi connectivity index (χ3v) is 5.12. The molecule has 2 heterocycles. The summed E-state index contributed by atoms with van der Waals surface area (Å²) in [5.41, 5.74) is 0.0415. The lowest BCUT2D eigenvalue weighted by Crippen LogP contribution is -2.57. The Morgan fingerprint density at radius 1 is 1.35 bits per heavy atom. The quantitative estimate of drug-likeness (QED) is 0.886. The molecule has 0 bridgehead atoms. The smallest absolute Gasteiger partial charge is 0.261 e. The van der Waals surface area contributed by atoms with Crippen LogP contribution in [0.15, 0.2) is 22.6 Å². The highest BCUT2D eigenvalue weighted by molar-refractivity contribution is 6.31. The Morgan fingerprint density at radius 2 is 2.12 bits per heavy atom. The molecule has 1 atom stereocenters. The predicted octanol–water partition coefficient (Wildman–Crippen LogP) is 2.82. The van der Waals surface area contributed by atoms with E-state index in [1.807, 2.05) is 6.92 Å². The second-order valence-corrected chi connectivity index (χ2v) is 7.63. The maximum atomic E-state index is 12.6. The lowest BCUT2D eigenvalue weighted by atomic mass is 9.69. The molecule has 1 aliphatic heterocycles. The minimum Gasteiger partial charge on any atom is -0.479 e. The van der Waals surface area contributed by atoms with E-state index in [1.165, 1.54) is 0 Å². The number of amides is 1. The number of aromatic nitrogens is 2. The summed E-state index contributed by atoms with van der Waals surface area (Å²) < 4.78 is 11.2. The minimum absolute atomic E-state index is 0.00153. The summed E-state index contributed by atoms with van der Waals surface area (Å²) in [7, 11) is 0. The first kappa shape index (κ1) is 17.0. The summed E-state index contributed by atoms with van der Waals surface area (Å²) in [6.45, 7) is 3.71. The van der Waals surface area contributed by atoms with Gasteiger partial charge in [0.2, 0.25) is 11.8 Å². The Morgan fingerprint density at radius 3 is 2.81 bits per heavy atom. The van der Waals surface area contributed by atoms with Crippen LogP contribution in [-0.2, 0) is 4.79 Å². The molecule has 2 aliphatic rings. The monoisotopic (exact) mass is 375 g/mol. The summed E-state index contributed by atoms with van der Waals surface area (Å²) in [6.07, 6.45) is 0.569. The number of aryl methyl sites for hydroxylation is 1. The van der Waals surface area contributed by atoms with Crippen LogP contribution in [0.25, 0.3) is 0 Å². The van der Waals surface area contributed by atoms with Gasteiger partial charge in [-0.3, -0.25) is 9.59 Å². The molecule has 1 amide bonds. The Hall–Kier alpha value is -2.41. The molecule has 0 saturated heterocycles. The molecular formula is C18H18ClN3O4. The van der Waals surface area contributed by atoms with Gasteiger partial charge < -0.3 is 14.5 Å². The van der Waals surface area contributed by atoms with E-state index in [2.05, 4.69) is 15.5 Å². The number of halogens is 1. The normalized spacial score (nSPS) is 27.3. The topological polar surface area (TPSA) is 94.3 Å². The molecule has 1 aliphatic carbocycles. The van der Waals surface area contributed by atoms with E-state index < -0.39 is 6.10 Å². The molecule has 1 N–H and O–H groups in total. The first-order chi connectivity index (χ1) is 12.3. The van der Waals surface area contributed by atoms with Crippen molar-refractivity contribution in [2.45, 2.75) is 50.7 Å². The van der Waals surface area contributed by atoms with Gasteiger partial charge >= 0.3 is 0 Å². The largest absolute Gasteiger partial charge is 0.479 e. The van der Waals surface area contributed by atoms with Crippen LogP contribution in [0.3, 0.4) is 0 Å². The molecule has 2 aromatic rings. The van der Waals surface area contributed by atoms with E-state index in [9.17, 15) is 9.59 Å². The number of nitrogens with one attached hydrogen (secondary N) is 1. The van der Waals surface area contributed by atoms with Gasteiger partial charge in [-0.25, -0.2) is 0 Å². The molecular weight excluding hydrogens is 358 g/mol. The number of benzene rings is 1. The number of hydrogen-bond acceptors (Lipinski definition) is 6. The fraction of sp³-hybridized carbons (Fsp3) is 0.444. The van der Waals surface area contributed by atoms with Crippen LogP contribution in [0.1, 0.15) is 54.2 Å². The van der Waals surface area contributed by atoms with Crippen molar-refractivity contribution in [2.24, 2.45) is 0 Å². The third kappa shape index (κ3) is 3.07. The van der Waals surface area contributed by atoms with Gasteiger partial charge in [-0.1, -0.05) is 11.6 Å². The standard InChI is InChI=1S/C18H18ClN3O4/c1-9-21-22-17(25-9)10-7-18(2,8-10)20-16(24)15-6-13(23)12-5-11(19)3-4-14(12)26-15/h3-5,10,15H,6-8H2,1-2H3,(H,20,24). The molecule has 0 spiro atoms. The Balaban J connectivity index is 1.40. The Labute approximate surface area is 155 Å². The van der Waals surface area contributed by atoms with Gasteiger partial charge in [0, 0.05) is 23.4 Å². The number of ether oxygens (including phenoxy) is 1. The van der Waals surface area contributed by atoms with Gasteiger partial charge in [0.15, 0.2) is 11.9 Å². The van der Waals surface area contributed by atoms with Crippen LogP contribution in [0.5, 0.6) is 5.75 Å². The van der Waals surface area contributed by atoms with Gasteiger partial charge in [-0.2, -0.15) is 0 Å². The Kier molecular flexibility index (Phi) is 3.99. The second-order valence-electron chi connectivity index (χ2n) is 7.19. The van der Waals surface area contributed by atoms with Crippen molar-refractivity contribution in [3.05, 3.63) is 40.6 Å². The van der Waals surface area contributed by atoms with Crippen molar-refractivity contribution in [1.82, 2.24) is 15.5 Å². The zero-order chi connectivity index (χ0) is 18.5. The van der Waals surface area contributed by atoms with E-state index in [0.717, 1.165) is 0 Å². The third-order valence-electron chi connectivity index (χ3n) is 4.88. The fourth-order valence-corrected chi connectivity index (χ4v) is 3.77. The molecule has 1 unspecified atom stereocenters. The van der Waals surface area contributed by atoms with Gasteiger partial charge in [0.25, 0.3) is 5.91 Å². The summed E-state index contributed by atoms with van der Waals surface area (Å²) >= 11 is 5.92. The number of Topliss-reactive ketones (excluding diaryl/α,β-unsaturated/α-hetero) is 1. The van der Waals surface area contributed by atoms with Crippen molar-refractivity contribution in [3.8, 4) is 5.75 Å². The van der Waals surface area contributed by atoms with Crippen LogP contribution >= 0.6 is 11.6 Å². The lowest BCUT2D eigenvalue weighted by molar-refractivity contribution is -0.131. The molecule has 1 fully saturated rings. The number of carbonyl (C=O) groups is 2. The maximum absolute atomic E-state index is 12.6. The summed E-state index contributed by atoms with van der Waals surface area (Å²) in [4.78, 5) is 24.9. The maximum Gasteiger partial charge on any atom is 0.261 e. The molecule has 1 saturated carbocycles. The minimum atomic E-state index is -0.835. The second kappa shape index (κ2) is 6.09. The number of fused-ring (bicyclic) bond motifs is 1. The van der Waals surface area contributed by atoms with Crippen molar-refractivity contribution in [3.63, 3.8) is 0 Å². The Bertz CT molecular complexity index is 888. The first-order valence-corrected chi connectivity index (χ1v) is 8.82. The van der Waals surface area contributed by atoms with Crippen molar-refractivity contribution in [1.29, 1.82) is 0 Å². The molecule has 1 aromatic heterocycles. The van der Waals surface area contributed by atoms with E-state index in [0.29, 0.717) is 41.0 Å². The van der Waals surface area contributed by atoms with Crippen LogP contribution in [0, 0.1) is 6.92 Å². The number of rotatable bonds is 3. The van der Waals surface area contributed by atoms with Crippen LogP contribution in [0.4, 0.5) is 0 Å². The van der Waals surface area contributed by atoms with E-state index in [1.54, 1.807) is 25.1 Å². The number of ketones is 1. The number of nitrogens with zero attached hydrogens (tertiary/aromatic N) is 2. The fourth-order valence-electron chi connectivity index (χ4n) is 3.60. The molecule has 26 heavy (non-hydrogen) atoms. The summed E-state index contributed by atoms with van der Waals surface area (Å²) in [6, 6.07) is 4.82. The van der Waals surface area contributed by atoms with E-state index in [4.69, 9.17) is 20.8 Å². The molecule has 136 valence electrons. The van der Waals surface area contributed by atoms with Crippen LogP contribution < -0.4 is 10.1 Å². The van der Waals surface area contributed by atoms with Crippen LogP contribution in [0.2, 0.25) is 5.02 Å². The SMILES string of the molecule is Cc1nnc(C2CC(C)(NC(=O)C3CC(=O)c4cc(Cl)ccc4O3)C2)o1. The molecule has 0 radical (unpaired) electrons. The van der Waals surface area contributed by atoms with Gasteiger partial charge in [-0.15, -0.1) is 10.2 Å². The highest BCUT2D eigenvalue weighted by atomic mass is 35.5. The molecule has 7 nitrogen and oxygen atoms in total. The zero-order valence-corrected chi connectivity index (χ0v) is 15.2. The predicted molar refractivity (Wildman–Crippen MR) is 92.4 cm³/mol. The van der Waals surface area contributed by atoms with Gasteiger partial charge in [0.05, 0.1) is 12.0 Å².